The fourth-order valence-electron chi connectivity index (χ4n) is 4.30. The number of nitrogens with zero attached hydrogens (tertiary/aromatic N) is 3. The summed E-state index contributed by atoms with van der Waals surface area (Å²) in [6, 6.07) is 6.40. The van der Waals surface area contributed by atoms with E-state index in [9.17, 15) is 15.0 Å². The van der Waals surface area contributed by atoms with Gasteiger partial charge in [0.2, 0.25) is 0 Å². The van der Waals surface area contributed by atoms with Crippen molar-refractivity contribution >= 4 is 32.6 Å². The van der Waals surface area contributed by atoms with Crippen molar-refractivity contribution in [3.05, 3.63) is 39.8 Å². The molecule has 0 saturated carbocycles. The fraction of sp³-hybridized carbons (Fsp3) is 0.417. The molecule has 0 bridgehead atoms. The lowest BCUT2D eigenvalue weighted by Crippen LogP contribution is -2.29. The number of rotatable bonds is 11. The van der Waals surface area contributed by atoms with Crippen LogP contribution in [0.3, 0.4) is 0 Å². The van der Waals surface area contributed by atoms with Gasteiger partial charge in [-0.05, 0) is 38.4 Å². The van der Waals surface area contributed by atoms with Gasteiger partial charge in [0.15, 0.2) is 5.43 Å². The zero-order valence-corrected chi connectivity index (χ0v) is 19.6. The number of phenols is 2. The number of aromatic amines is 1. The van der Waals surface area contributed by atoms with Gasteiger partial charge >= 0.3 is 0 Å². The third-order valence-corrected chi connectivity index (χ3v) is 5.92. The molecular weight excluding hydrogens is 436 g/mol. The smallest absolute Gasteiger partial charge is 0.189 e. The second kappa shape index (κ2) is 10.4. The summed E-state index contributed by atoms with van der Waals surface area (Å²) in [5, 5.41) is 42.7. The number of likely N-dealkylation sites (N-methyl/N-ethyl adjacent to an activating group) is 1. The van der Waals surface area contributed by atoms with Crippen molar-refractivity contribution in [2.24, 2.45) is 4.99 Å². The molecule has 10 nitrogen and oxygen atoms in total. The van der Waals surface area contributed by atoms with Crippen LogP contribution >= 0.6 is 0 Å². The summed E-state index contributed by atoms with van der Waals surface area (Å²) in [6.45, 7) is 4.69. The molecule has 4 aromatic rings. The Kier molecular flexibility index (Phi) is 7.32. The van der Waals surface area contributed by atoms with E-state index in [-0.39, 0.29) is 34.3 Å². The van der Waals surface area contributed by atoms with E-state index in [1.807, 2.05) is 30.9 Å². The van der Waals surface area contributed by atoms with Crippen molar-refractivity contribution in [2.45, 2.75) is 6.54 Å². The summed E-state index contributed by atoms with van der Waals surface area (Å²) in [5.74, 6) is -0.308. The van der Waals surface area contributed by atoms with E-state index in [1.54, 1.807) is 0 Å². The molecule has 34 heavy (non-hydrogen) atoms. The zero-order chi connectivity index (χ0) is 24.2. The van der Waals surface area contributed by atoms with Gasteiger partial charge in [-0.3, -0.25) is 19.6 Å². The molecule has 0 atom stereocenters. The molecule has 0 unspecified atom stereocenters. The number of aromatic hydroxyl groups is 2. The molecule has 0 fully saturated rings. The minimum absolute atomic E-state index is 0.0517. The van der Waals surface area contributed by atoms with Gasteiger partial charge in [-0.25, -0.2) is 0 Å². The van der Waals surface area contributed by atoms with Gasteiger partial charge in [-0.1, -0.05) is 0 Å². The van der Waals surface area contributed by atoms with Crippen molar-refractivity contribution in [1.82, 2.24) is 25.3 Å². The average molecular weight is 469 g/mol. The molecule has 1 aromatic heterocycles. The molecule has 0 spiro atoms. The van der Waals surface area contributed by atoms with Crippen LogP contribution in [0.4, 0.5) is 0 Å². The Morgan fingerprint density at radius 3 is 2.53 bits per heavy atom. The Bertz CT molecular complexity index is 1410. The van der Waals surface area contributed by atoms with Crippen LogP contribution in [-0.2, 0) is 6.54 Å². The molecule has 0 aliphatic heterocycles. The van der Waals surface area contributed by atoms with Crippen LogP contribution in [0, 0.1) is 0 Å². The molecule has 182 valence electrons. The number of nitrogens with one attached hydrogen (secondary N) is 3. The first kappa shape index (κ1) is 24.0. The molecule has 6 N–H and O–H groups in total. The maximum absolute atomic E-state index is 12.8. The number of aliphatic hydroxyl groups is 1. The number of aromatic nitrogens is 2. The first-order chi connectivity index (χ1) is 16.4. The Hall–Kier alpha value is -3.18. The van der Waals surface area contributed by atoms with Gasteiger partial charge in [0.1, 0.15) is 11.5 Å². The predicted molar refractivity (Wildman–Crippen MR) is 134 cm³/mol. The number of hydrogen-bond donors (Lipinski definition) is 6. The number of fused-ring (bicyclic) bond motifs is 2. The van der Waals surface area contributed by atoms with E-state index in [4.69, 9.17) is 5.11 Å². The average Bonchev–Trinajstić information content (AvgIpc) is 3.17. The fourth-order valence-corrected chi connectivity index (χ4v) is 4.30. The lowest BCUT2D eigenvalue weighted by molar-refractivity contribution is 0.293. The van der Waals surface area contributed by atoms with Crippen LogP contribution in [0.5, 0.6) is 11.5 Å². The molecule has 10 heteroatoms. The summed E-state index contributed by atoms with van der Waals surface area (Å²) in [4.78, 5) is 19.6. The van der Waals surface area contributed by atoms with Crippen LogP contribution in [-0.4, -0.2) is 90.0 Å². The van der Waals surface area contributed by atoms with E-state index in [1.165, 1.54) is 12.1 Å². The summed E-state index contributed by atoms with van der Waals surface area (Å²) >= 11 is 0. The highest BCUT2D eigenvalue weighted by Crippen LogP contribution is 2.41. The van der Waals surface area contributed by atoms with Crippen molar-refractivity contribution < 1.29 is 15.3 Å². The number of phenolic OH excluding ortho intramolecular Hbond substituents is 2. The van der Waals surface area contributed by atoms with Gasteiger partial charge < -0.3 is 30.9 Å². The number of hydrogen-bond acceptors (Lipinski definition) is 8. The van der Waals surface area contributed by atoms with Crippen molar-refractivity contribution in [1.29, 1.82) is 0 Å². The van der Waals surface area contributed by atoms with Crippen LogP contribution in [0.25, 0.3) is 32.6 Å². The Morgan fingerprint density at radius 1 is 0.971 bits per heavy atom. The van der Waals surface area contributed by atoms with Gasteiger partial charge in [0, 0.05) is 38.1 Å². The maximum atomic E-state index is 12.8. The van der Waals surface area contributed by atoms with Crippen LogP contribution < -0.4 is 21.4 Å². The van der Waals surface area contributed by atoms with Crippen molar-refractivity contribution in [3.63, 3.8) is 0 Å². The second-order valence-corrected chi connectivity index (χ2v) is 8.58. The zero-order valence-electron chi connectivity index (χ0n) is 19.6. The molecule has 4 rings (SSSR count). The monoisotopic (exact) mass is 468 g/mol. The van der Waals surface area contributed by atoms with Crippen LogP contribution in [0.2, 0.25) is 0 Å². The quantitative estimate of drug-likeness (QED) is 0.136. The minimum atomic E-state index is -0.278. The topological polar surface area (TPSA) is 138 Å². The van der Waals surface area contributed by atoms with E-state index in [0.717, 1.165) is 25.2 Å². The lowest BCUT2D eigenvalue weighted by Gasteiger charge is -2.11. The Morgan fingerprint density at radius 2 is 1.76 bits per heavy atom. The standard InChI is InChI=1S/C24H32N6O4/c1-29(2)12-9-26-10-13-30-16-4-3-15(27-8-7-25-11-14-31)19-20(16)23(28-30)21-17(32)5-6-18(33)22(21)24(19)34/h3-6,25-26,28,31,33-34H,7-14H2,1-2H3. The highest BCUT2D eigenvalue weighted by molar-refractivity contribution is 6.23. The number of aliphatic hydroxyl groups excluding tert-OH is 1. The van der Waals surface area contributed by atoms with E-state index in [2.05, 4.69) is 25.6 Å². The predicted octanol–water partition coefficient (Wildman–Crippen LogP) is 0.119. The molecule has 3 aromatic carbocycles. The van der Waals surface area contributed by atoms with E-state index < -0.39 is 0 Å². The molecule has 0 aliphatic carbocycles. The van der Waals surface area contributed by atoms with E-state index in [0.29, 0.717) is 47.8 Å². The third-order valence-electron chi connectivity index (χ3n) is 5.92. The molecule has 0 saturated heterocycles. The largest absolute Gasteiger partial charge is 0.507 e. The van der Waals surface area contributed by atoms with Gasteiger partial charge in [-0.2, -0.15) is 0 Å². The van der Waals surface area contributed by atoms with Crippen molar-refractivity contribution in [2.75, 3.05) is 60.0 Å². The Labute approximate surface area is 196 Å². The van der Waals surface area contributed by atoms with Crippen molar-refractivity contribution in [3.8, 4) is 11.5 Å². The highest BCUT2D eigenvalue weighted by Gasteiger charge is 2.21. The number of H-pyrrole nitrogens is 1. The summed E-state index contributed by atoms with van der Waals surface area (Å²) in [6.07, 6.45) is 0. The molecular formula is C24H32N6O4. The van der Waals surface area contributed by atoms with E-state index >= 15 is 0 Å². The third kappa shape index (κ3) is 4.58. The second-order valence-electron chi connectivity index (χ2n) is 8.58. The SMILES string of the molecule is CN(C)CCNCCn1[nH]c2c3c(=O)ccc(O)c3c(O)c3c(=NCCNCCO)ccc1c32. The molecule has 0 amide bonds. The maximum Gasteiger partial charge on any atom is 0.189 e. The summed E-state index contributed by atoms with van der Waals surface area (Å²) < 4.78 is 1.95. The minimum Gasteiger partial charge on any atom is -0.507 e. The van der Waals surface area contributed by atoms with Crippen LogP contribution in [0.1, 0.15) is 0 Å². The summed E-state index contributed by atoms with van der Waals surface area (Å²) in [5.41, 5.74) is 1.14. The van der Waals surface area contributed by atoms with Gasteiger partial charge in [0.05, 0.1) is 52.2 Å². The Balaban J connectivity index is 1.85. The molecule has 0 aliphatic rings. The number of benzene rings is 3. The first-order valence-corrected chi connectivity index (χ1v) is 11.5. The highest BCUT2D eigenvalue weighted by atomic mass is 16.3. The van der Waals surface area contributed by atoms with Crippen LogP contribution in [0.15, 0.2) is 34.1 Å². The lowest BCUT2D eigenvalue weighted by atomic mass is 9.99. The normalized spacial score (nSPS) is 12.8. The van der Waals surface area contributed by atoms with Gasteiger partial charge in [0.25, 0.3) is 0 Å². The molecule has 1 heterocycles. The van der Waals surface area contributed by atoms with Gasteiger partial charge in [-0.15, -0.1) is 0 Å². The first-order valence-electron chi connectivity index (χ1n) is 11.5. The summed E-state index contributed by atoms with van der Waals surface area (Å²) in [7, 11) is 4.06. The molecule has 0 radical (unpaired) electrons.